The van der Waals surface area contributed by atoms with Crippen molar-refractivity contribution in [3.05, 3.63) is 24.3 Å². The van der Waals surface area contributed by atoms with Crippen molar-refractivity contribution in [1.82, 2.24) is 0 Å². The van der Waals surface area contributed by atoms with Gasteiger partial charge in [-0.1, -0.05) is 18.7 Å². The predicted octanol–water partition coefficient (Wildman–Crippen LogP) is 3.17. The quantitative estimate of drug-likeness (QED) is 0.233. The molecule has 2 atom stereocenters. The van der Waals surface area contributed by atoms with E-state index in [1.807, 2.05) is 0 Å². The van der Waals surface area contributed by atoms with E-state index in [2.05, 4.69) is 23.6 Å². The molecule has 0 amide bonds. The van der Waals surface area contributed by atoms with Crippen LogP contribution in [0, 0.1) is 11.3 Å². The Kier molecular flexibility index (Phi) is 3.67. The van der Waals surface area contributed by atoms with Gasteiger partial charge in [0.05, 0.1) is 6.61 Å². The van der Waals surface area contributed by atoms with Crippen LogP contribution in [0.2, 0.25) is 0 Å². The summed E-state index contributed by atoms with van der Waals surface area (Å²) in [5.74, 6) is 0.335. The summed E-state index contributed by atoms with van der Waals surface area (Å²) in [7, 11) is 0. The average Bonchev–Trinajstić information content (AvgIpc) is 2.88. The Labute approximate surface area is 102 Å². The summed E-state index contributed by atoms with van der Waals surface area (Å²) in [6, 6.07) is 0. The van der Waals surface area contributed by atoms with E-state index in [9.17, 15) is 4.79 Å². The predicted molar refractivity (Wildman–Crippen MR) is 65.0 cm³/mol. The number of hydrogen-bond donors (Lipinski definition) is 0. The smallest absolute Gasteiger partial charge is 0.293 e. The van der Waals surface area contributed by atoms with Crippen LogP contribution < -0.4 is 0 Å². The molecule has 0 aromatic rings. The molecule has 3 heteroatoms. The number of hydrogen-bond acceptors (Lipinski definition) is 3. The zero-order valence-corrected chi connectivity index (χ0v) is 10.4. The molecule has 2 bridgehead atoms. The van der Waals surface area contributed by atoms with Crippen LogP contribution in [0.4, 0.5) is 0 Å². The monoisotopic (exact) mass is 236 g/mol. The molecule has 2 aliphatic carbocycles. The third-order valence-corrected chi connectivity index (χ3v) is 3.79. The van der Waals surface area contributed by atoms with Crippen LogP contribution in [0.5, 0.6) is 0 Å². The highest BCUT2D eigenvalue weighted by atomic mass is 17.2. The van der Waals surface area contributed by atoms with Crippen LogP contribution in [0.25, 0.3) is 0 Å². The van der Waals surface area contributed by atoms with Gasteiger partial charge in [0.1, 0.15) is 0 Å². The first kappa shape index (κ1) is 12.4. The molecule has 0 spiro atoms. The van der Waals surface area contributed by atoms with Gasteiger partial charge in [0.15, 0.2) is 0 Å². The fourth-order valence-corrected chi connectivity index (χ4v) is 2.81. The molecule has 2 aliphatic rings. The van der Waals surface area contributed by atoms with Crippen LogP contribution in [0.3, 0.4) is 0 Å². The van der Waals surface area contributed by atoms with Crippen molar-refractivity contribution in [3.63, 3.8) is 0 Å². The van der Waals surface area contributed by atoms with Crippen molar-refractivity contribution in [1.29, 1.82) is 0 Å². The minimum atomic E-state index is -0.482. The molecule has 17 heavy (non-hydrogen) atoms. The Hall–Kier alpha value is -1.09. The van der Waals surface area contributed by atoms with E-state index >= 15 is 0 Å². The van der Waals surface area contributed by atoms with Crippen molar-refractivity contribution < 1.29 is 14.6 Å². The van der Waals surface area contributed by atoms with E-state index in [0.29, 0.717) is 17.6 Å². The van der Waals surface area contributed by atoms with Crippen molar-refractivity contribution in [2.45, 2.75) is 39.0 Å². The number of carbonyl (C=O) groups excluding carboxylic acids is 1. The van der Waals surface area contributed by atoms with Crippen molar-refractivity contribution >= 4 is 5.97 Å². The lowest BCUT2D eigenvalue weighted by molar-refractivity contribution is -0.269. The average molecular weight is 236 g/mol. The fourth-order valence-electron chi connectivity index (χ4n) is 2.81. The number of fused-ring (bicyclic) bond motifs is 2. The third-order valence-electron chi connectivity index (χ3n) is 3.79. The Bertz CT molecular complexity index is 345. The summed E-state index contributed by atoms with van der Waals surface area (Å²) in [6.45, 7) is 5.56. The second-order valence-electron chi connectivity index (χ2n) is 5.30. The maximum atomic E-state index is 11.0. The van der Waals surface area contributed by atoms with E-state index in [0.717, 1.165) is 18.8 Å². The zero-order chi connectivity index (χ0) is 12.3. The van der Waals surface area contributed by atoms with Gasteiger partial charge in [0.25, 0.3) is 0 Å². The second-order valence-corrected chi connectivity index (χ2v) is 5.30. The summed E-state index contributed by atoms with van der Waals surface area (Å²) >= 11 is 0. The van der Waals surface area contributed by atoms with E-state index < -0.39 is 5.97 Å². The van der Waals surface area contributed by atoms with E-state index in [1.165, 1.54) is 19.3 Å². The minimum Gasteiger partial charge on any atom is -0.293 e. The molecule has 1 fully saturated rings. The van der Waals surface area contributed by atoms with Crippen LogP contribution in [0.15, 0.2) is 24.3 Å². The molecule has 1 saturated carbocycles. The first-order chi connectivity index (χ1) is 8.11. The lowest BCUT2D eigenvalue weighted by Gasteiger charge is -2.22. The summed E-state index contributed by atoms with van der Waals surface area (Å²) in [5, 5.41) is 0. The molecule has 0 N–H and O–H groups in total. The van der Waals surface area contributed by atoms with Crippen LogP contribution >= 0.6 is 0 Å². The van der Waals surface area contributed by atoms with E-state index in [4.69, 9.17) is 4.89 Å². The van der Waals surface area contributed by atoms with Crippen LogP contribution in [-0.2, 0) is 14.6 Å². The Balaban J connectivity index is 1.59. The first-order valence-corrected chi connectivity index (χ1v) is 6.30. The normalized spacial score (nSPS) is 29.6. The van der Waals surface area contributed by atoms with Gasteiger partial charge in [-0.05, 0) is 50.4 Å². The standard InChI is InChI=1S/C14H20O3/c1-11(2)13(15)17-16-9-3-6-14-7-4-12(10-14)5-8-14/h4,7,12H,1,3,5-6,8-10H2,2H3. The largest absolute Gasteiger partial charge is 0.368 e. The van der Waals surface area contributed by atoms with Gasteiger partial charge in [-0.25, -0.2) is 4.79 Å². The number of carbonyl (C=O) groups is 1. The number of allylic oxidation sites excluding steroid dienone is 2. The molecule has 0 aromatic carbocycles. The SMILES string of the molecule is C=C(C)C(=O)OOCCCC12C=CC(CC1)C2. The molecule has 0 saturated heterocycles. The Morgan fingerprint density at radius 2 is 2.41 bits per heavy atom. The number of rotatable bonds is 6. The molecule has 0 aromatic heterocycles. The molecular formula is C14H20O3. The van der Waals surface area contributed by atoms with E-state index in [1.54, 1.807) is 6.92 Å². The Morgan fingerprint density at radius 1 is 1.59 bits per heavy atom. The summed E-state index contributed by atoms with van der Waals surface area (Å²) in [6.07, 6.45) is 10.7. The van der Waals surface area contributed by atoms with E-state index in [-0.39, 0.29) is 0 Å². The maximum Gasteiger partial charge on any atom is 0.368 e. The molecule has 2 rings (SSSR count). The molecule has 94 valence electrons. The highest BCUT2D eigenvalue weighted by Crippen LogP contribution is 2.51. The minimum absolute atomic E-state index is 0.362. The molecule has 0 radical (unpaired) electrons. The first-order valence-electron chi connectivity index (χ1n) is 6.30. The lowest BCUT2D eigenvalue weighted by Crippen LogP contribution is -2.13. The van der Waals surface area contributed by atoms with Crippen LogP contribution in [-0.4, -0.2) is 12.6 Å². The molecule has 3 nitrogen and oxygen atoms in total. The zero-order valence-electron chi connectivity index (χ0n) is 10.4. The van der Waals surface area contributed by atoms with Gasteiger partial charge in [0.2, 0.25) is 0 Å². The fraction of sp³-hybridized carbons (Fsp3) is 0.643. The lowest BCUT2D eigenvalue weighted by atomic mass is 9.83. The molecule has 0 heterocycles. The van der Waals surface area contributed by atoms with Gasteiger partial charge in [0, 0.05) is 5.57 Å². The molecular weight excluding hydrogens is 216 g/mol. The van der Waals surface area contributed by atoms with Gasteiger partial charge < -0.3 is 0 Å². The maximum absolute atomic E-state index is 11.0. The topological polar surface area (TPSA) is 35.5 Å². The van der Waals surface area contributed by atoms with Crippen molar-refractivity contribution in [2.24, 2.45) is 11.3 Å². The van der Waals surface area contributed by atoms with Gasteiger partial charge in [-0.15, -0.1) is 0 Å². The highest BCUT2D eigenvalue weighted by Gasteiger charge is 2.39. The third kappa shape index (κ3) is 2.97. The summed E-state index contributed by atoms with van der Waals surface area (Å²) in [5.41, 5.74) is 0.785. The van der Waals surface area contributed by atoms with Gasteiger partial charge in [-0.3, -0.25) is 4.89 Å². The summed E-state index contributed by atoms with van der Waals surface area (Å²) < 4.78 is 0. The van der Waals surface area contributed by atoms with Gasteiger partial charge >= 0.3 is 5.97 Å². The van der Waals surface area contributed by atoms with Gasteiger partial charge in [-0.2, -0.15) is 4.89 Å². The summed E-state index contributed by atoms with van der Waals surface area (Å²) in [4.78, 5) is 20.5. The molecule has 0 aliphatic heterocycles. The van der Waals surface area contributed by atoms with Crippen LogP contribution in [0.1, 0.15) is 39.0 Å². The Morgan fingerprint density at radius 3 is 2.94 bits per heavy atom. The second kappa shape index (κ2) is 5.05. The highest BCUT2D eigenvalue weighted by molar-refractivity contribution is 5.86. The van der Waals surface area contributed by atoms with Crippen molar-refractivity contribution in [3.8, 4) is 0 Å². The van der Waals surface area contributed by atoms with Crippen molar-refractivity contribution in [2.75, 3.05) is 6.61 Å². The molecule has 2 unspecified atom stereocenters.